The standard InChI is InChI=1S/C18H20F2N4O2/c1-12(15(25)24-10-9-17(11-24)7-8-18(17,19)20)21-16-23-22-14(26-16)13-5-3-2-4-6-13/h2-6,12H,7-11H2,1H3,(H,21,23)/t12-,17?/m1/s1. The van der Waals surface area contributed by atoms with Crippen LogP contribution in [0.1, 0.15) is 26.2 Å². The molecule has 1 aliphatic heterocycles. The summed E-state index contributed by atoms with van der Waals surface area (Å²) in [5, 5.41) is 10.7. The minimum atomic E-state index is -2.66. The van der Waals surface area contributed by atoms with E-state index >= 15 is 0 Å². The lowest BCUT2D eigenvalue weighted by Crippen LogP contribution is -2.53. The predicted octanol–water partition coefficient (Wildman–Crippen LogP) is 3.18. The number of amides is 1. The Balaban J connectivity index is 1.39. The molecule has 2 atom stereocenters. The molecule has 6 nitrogen and oxygen atoms in total. The second kappa shape index (κ2) is 6.03. The van der Waals surface area contributed by atoms with Crippen molar-refractivity contribution in [1.82, 2.24) is 15.1 Å². The van der Waals surface area contributed by atoms with Crippen molar-refractivity contribution < 1.29 is 18.0 Å². The first kappa shape index (κ1) is 16.9. The molecule has 1 saturated heterocycles. The molecule has 1 aromatic heterocycles. The number of halogens is 2. The van der Waals surface area contributed by atoms with Gasteiger partial charge in [-0.1, -0.05) is 23.3 Å². The second-order valence-electron chi connectivity index (χ2n) is 7.14. The maximum absolute atomic E-state index is 13.9. The zero-order chi connectivity index (χ0) is 18.4. The highest BCUT2D eigenvalue weighted by Crippen LogP contribution is 2.58. The number of carbonyl (C=O) groups is 1. The molecule has 0 bridgehead atoms. The fourth-order valence-electron chi connectivity index (χ4n) is 3.73. The quantitative estimate of drug-likeness (QED) is 0.904. The highest BCUT2D eigenvalue weighted by atomic mass is 19.3. The van der Waals surface area contributed by atoms with Gasteiger partial charge < -0.3 is 14.6 Å². The van der Waals surface area contributed by atoms with Gasteiger partial charge in [0.05, 0.1) is 5.41 Å². The van der Waals surface area contributed by atoms with Crippen LogP contribution in [0, 0.1) is 5.41 Å². The van der Waals surface area contributed by atoms with E-state index in [1.807, 2.05) is 30.3 Å². The smallest absolute Gasteiger partial charge is 0.316 e. The molecule has 26 heavy (non-hydrogen) atoms. The van der Waals surface area contributed by atoms with Crippen molar-refractivity contribution in [2.75, 3.05) is 18.4 Å². The Morgan fingerprint density at radius 3 is 2.62 bits per heavy atom. The van der Waals surface area contributed by atoms with E-state index in [4.69, 9.17) is 4.42 Å². The Morgan fingerprint density at radius 2 is 2.00 bits per heavy atom. The lowest BCUT2D eigenvalue weighted by atomic mass is 9.64. The lowest BCUT2D eigenvalue weighted by Gasteiger charge is -2.46. The summed E-state index contributed by atoms with van der Waals surface area (Å²) >= 11 is 0. The number of carbonyl (C=O) groups excluding carboxylic acids is 1. The first-order valence-electron chi connectivity index (χ1n) is 8.72. The molecular weight excluding hydrogens is 342 g/mol. The van der Waals surface area contributed by atoms with Crippen LogP contribution in [0.25, 0.3) is 11.5 Å². The molecule has 8 heteroatoms. The van der Waals surface area contributed by atoms with E-state index in [2.05, 4.69) is 15.5 Å². The third kappa shape index (κ3) is 2.73. The van der Waals surface area contributed by atoms with Crippen LogP contribution >= 0.6 is 0 Å². The van der Waals surface area contributed by atoms with E-state index in [-0.39, 0.29) is 24.9 Å². The number of aromatic nitrogens is 2. The summed E-state index contributed by atoms with van der Waals surface area (Å²) in [7, 11) is 0. The minimum absolute atomic E-state index is 0.0763. The van der Waals surface area contributed by atoms with Crippen LogP contribution in [0.15, 0.2) is 34.7 Å². The van der Waals surface area contributed by atoms with E-state index < -0.39 is 17.4 Å². The molecule has 1 aliphatic carbocycles. The summed E-state index contributed by atoms with van der Waals surface area (Å²) in [5.41, 5.74) is -0.242. The van der Waals surface area contributed by atoms with Gasteiger partial charge in [0.1, 0.15) is 6.04 Å². The van der Waals surface area contributed by atoms with Crippen LogP contribution in [0.3, 0.4) is 0 Å². The Kier molecular flexibility index (Phi) is 3.93. The van der Waals surface area contributed by atoms with Crippen molar-refractivity contribution in [1.29, 1.82) is 0 Å². The molecule has 1 amide bonds. The van der Waals surface area contributed by atoms with Gasteiger partial charge in [-0.05, 0) is 31.9 Å². The molecule has 1 spiro atoms. The normalized spacial score (nSPS) is 25.1. The molecule has 1 N–H and O–H groups in total. The molecule has 1 saturated carbocycles. The van der Waals surface area contributed by atoms with Crippen LogP contribution in [-0.2, 0) is 4.79 Å². The van der Waals surface area contributed by atoms with Crippen LogP contribution in [-0.4, -0.2) is 46.1 Å². The number of benzene rings is 1. The SMILES string of the molecule is C[C@@H](Nc1nnc(-c2ccccc2)o1)C(=O)N1CCC2(CCC2(F)F)C1. The van der Waals surface area contributed by atoms with E-state index in [1.165, 1.54) is 4.90 Å². The molecule has 0 radical (unpaired) electrons. The highest BCUT2D eigenvalue weighted by Gasteiger charge is 2.64. The first-order chi connectivity index (χ1) is 12.4. The summed E-state index contributed by atoms with van der Waals surface area (Å²) in [4.78, 5) is 14.1. The Bertz CT molecular complexity index is 811. The van der Waals surface area contributed by atoms with Crippen LogP contribution in [0.2, 0.25) is 0 Å². The molecule has 1 unspecified atom stereocenters. The van der Waals surface area contributed by atoms with Crippen molar-refractivity contribution in [3.63, 3.8) is 0 Å². The summed E-state index contributed by atoms with van der Waals surface area (Å²) in [6.45, 7) is 2.14. The number of nitrogens with zero attached hydrogens (tertiary/aromatic N) is 3. The predicted molar refractivity (Wildman–Crippen MR) is 90.6 cm³/mol. The van der Waals surface area contributed by atoms with Gasteiger partial charge in [-0.3, -0.25) is 4.79 Å². The van der Waals surface area contributed by atoms with Crippen molar-refractivity contribution >= 4 is 11.9 Å². The average molecular weight is 362 g/mol. The van der Waals surface area contributed by atoms with Gasteiger partial charge >= 0.3 is 6.01 Å². The third-order valence-corrected chi connectivity index (χ3v) is 5.52. The topological polar surface area (TPSA) is 71.3 Å². The van der Waals surface area contributed by atoms with Crippen LogP contribution in [0.5, 0.6) is 0 Å². The average Bonchev–Trinajstić information content (AvgIpc) is 3.29. The zero-order valence-corrected chi connectivity index (χ0v) is 14.4. The maximum atomic E-state index is 13.9. The monoisotopic (exact) mass is 362 g/mol. The van der Waals surface area contributed by atoms with Gasteiger partial charge in [-0.15, -0.1) is 5.10 Å². The van der Waals surface area contributed by atoms with E-state index in [1.54, 1.807) is 6.92 Å². The van der Waals surface area contributed by atoms with Gasteiger partial charge in [0.15, 0.2) is 0 Å². The lowest BCUT2D eigenvalue weighted by molar-refractivity contribution is -0.195. The van der Waals surface area contributed by atoms with Crippen molar-refractivity contribution in [3.05, 3.63) is 30.3 Å². The molecule has 2 aliphatic rings. The van der Waals surface area contributed by atoms with Gasteiger partial charge in [0, 0.05) is 25.1 Å². The Hall–Kier alpha value is -2.51. The fraction of sp³-hybridized carbons (Fsp3) is 0.500. The van der Waals surface area contributed by atoms with Crippen LogP contribution in [0.4, 0.5) is 14.8 Å². The van der Waals surface area contributed by atoms with E-state index in [0.717, 1.165) is 5.56 Å². The number of hydrogen-bond donors (Lipinski definition) is 1. The van der Waals surface area contributed by atoms with Gasteiger partial charge in [-0.25, -0.2) is 8.78 Å². The Labute approximate surface area is 149 Å². The highest BCUT2D eigenvalue weighted by molar-refractivity contribution is 5.84. The second-order valence-corrected chi connectivity index (χ2v) is 7.14. The largest absolute Gasteiger partial charge is 0.403 e. The molecule has 2 heterocycles. The fourth-order valence-corrected chi connectivity index (χ4v) is 3.73. The molecule has 138 valence electrons. The molecule has 2 aromatic rings. The number of anilines is 1. The van der Waals surface area contributed by atoms with Crippen molar-refractivity contribution in [3.8, 4) is 11.5 Å². The van der Waals surface area contributed by atoms with Gasteiger partial charge in [0.25, 0.3) is 5.92 Å². The maximum Gasteiger partial charge on any atom is 0.316 e. The van der Waals surface area contributed by atoms with Crippen molar-refractivity contribution in [2.24, 2.45) is 5.41 Å². The Morgan fingerprint density at radius 1 is 1.23 bits per heavy atom. The molecule has 4 rings (SSSR count). The van der Waals surface area contributed by atoms with Crippen molar-refractivity contribution in [2.45, 2.75) is 38.2 Å². The summed E-state index contributed by atoms with van der Waals surface area (Å²) in [6.07, 6.45) is 0.764. The number of rotatable bonds is 4. The van der Waals surface area contributed by atoms with Gasteiger partial charge in [-0.2, -0.15) is 0 Å². The molecular formula is C18H20F2N4O2. The van der Waals surface area contributed by atoms with Crippen LogP contribution < -0.4 is 5.32 Å². The van der Waals surface area contributed by atoms with Gasteiger partial charge in [0.2, 0.25) is 11.8 Å². The summed E-state index contributed by atoms with van der Waals surface area (Å²) in [5.74, 6) is -2.54. The number of nitrogens with one attached hydrogen (secondary N) is 1. The third-order valence-electron chi connectivity index (χ3n) is 5.52. The number of likely N-dealkylation sites (tertiary alicyclic amines) is 1. The number of alkyl halides is 2. The number of hydrogen-bond acceptors (Lipinski definition) is 5. The minimum Gasteiger partial charge on any atom is -0.403 e. The summed E-state index contributed by atoms with van der Waals surface area (Å²) in [6, 6.07) is 8.78. The summed E-state index contributed by atoms with van der Waals surface area (Å²) < 4.78 is 33.3. The molecule has 1 aromatic carbocycles. The van der Waals surface area contributed by atoms with E-state index in [0.29, 0.717) is 25.3 Å². The molecule has 2 fully saturated rings. The zero-order valence-electron chi connectivity index (χ0n) is 14.4. The van der Waals surface area contributed by atoms with E-state index in [9.17, 15) is 13.6 Å². The first-order valence-corrected chi connectivity index (χ1v) is 8.72.